The number of hydrogen-bond donors (Lipinski definition) is 3. The molecule has 0 saturated carbocycles. The van der Waals surface area contributed by atoms with Gasteiger partial charge in [0.1, 0.15) is 11.0 Å². The fraction of sp³-hybridized carbons (Fsp3) is 0.417. The lowest BCUT2D eigenvalue weighted by Crippen LogP contribution is -2.20. The molecule has 0 radical (unpaired) electrons. The normalized spacial score (nSPS) is 10.2. The van der Waals surface area contributed by atoms with Crippen molar-refractivity contribution in [1.82, 2.24) is 25.1 Å². The van der Waals surface area contributed by atoms with Gasteiger partial charge in [-0.3, -0.25) is 9.36 Å². The fourth-order valence-corrected chi connectivity index (χ4v) is 1.75. The van der Waals surface area contributed by atoms with Crippen LogP contribution in [-0.2, 0) is 6.54 Å². The van der Waals surface area contributed by atoms with Gasteiger partial charge in [0.05, 0.1) is 12.7 Å². The van der Waals surface area contributed by atoms with Gasteiger partial charge in [0.15, 0.2) is 0 Å². The van der Waals surface area contributed by atoms with Crippen molar-refractivity contribution in [3.63, 3.8) is 0 Å². The number of aromatic amines is 1. The van der Waals surface area contributed by atoms with Crippen molar-refractivity contribution < 1.29 is 0 Å². The smallest absolute Gasteiger partial charge is 0.290 e. The highest BCUT2D eigenvalue weighted by Crippen LogP contribution is 2.14. The first kappa shape index (κ1) is 13.1. The molecule has 0 aliphatic rings. The minimum absolute atomic E-state index is 0.260. The van der Waals surface area contributed by atoms with E-state index in [-0.39, 0.29) is 5.56 Å². The Bertz CT molecular complexity index is 675. The van der Waals surface area contributed by atoms with Crippen molar-refractivity contribution in [2.24, 2.45) is 0 Å². The van der Waals surface area contributed by atoms with Crippen LogP contribution in [0.3, 0.4) is 0 Å². The Labute approximate surface area is 110 Å². The zero-order chi connectivity index (χ0) is 13.7. The number of nitrogens with one attached hydrogen (secondary N) is 3. The third-order valence-electron chi connectivity index (χ3n) is 2.63. The number of hydrogen-bond acceptors (Lipinski definition) is 5. The van der Waals surface area contributed by atoms with Crippen LogP contribution in [0.4, 0.5) is 5.95 Å². The summed E-state index contributed by atoms with van der Waals surface area (Å²) in [5, 5.41) is 12.4. The van der Waals surface area contributed by atoms with E-state index in [4.69, 9.17) is 0 Å². The number of fused-ring (bicyclic) bond motifs is 1. The molecule has 2 heterocycles. The second-order valence-corrected chi connectivity index (χ2v) is 3.91. The van der Waals surface area contributed by atoms with Crippen LogP contribution in [0.15, 0.2) is 11.0 Å². The Morgan fingerprint density at radius 3 is 3.05 bits per heavy atom. The first-order valence-electron chi connectivity index (χ1n) is 6.00. The SMILES string of the molecule is CC#CCn1c(NCCNC)nc2cn[nH]c(=O)c21. The summed E-state index contributed by atoms with van der Waals surface area (Å²) in [6.07, 6.45) is 1.54. The molecule has 0 fully saturated rings. The van der Waals surface area contributed by atoms with Crippen LogP contribution in [0.2, 0.25) is 0 Å². The van der Waals surface area contributed by atoms with Crippen molar-refractivity contribution in [1.29, 1.82) is 0 Å². The topological polar surface area (TPSA) is 87.6 Å². The van der Waals surface area contributed by atoms with Crippen molar-refractivity contribution in [2.45, 2.75) is 13.5 Å². The molecule has 2 rings (SSSR count). The molecule has 0 spiro atoms. The van der Waals surface area contributed by atoms with Crippen LogP contribution >= 0.6 is 0 Å². The van der Waals surface area contributed by atoms with E-state index in [2.05, 4.69) is 37.7 Å². The minimum atomic E-state index is -0.260. The summed E-state index contributed by atoms with van der Waals surface area (Å²) in [5.41, 5.74) is 0.794. The molecule has 0 bridgehead atoms. The monoisotopic (exact) mass is 260 g/mol. The summed E-state index contributed by atoms with van der Waals surface area (Å²) in [5.74, 6) is 6.39. The third kappa shape index (κ3) is 2.74. The van der Waals surface area contributed by atoms with Gasteiger partial charge < -0.3 is 10.6 Å². The van der Waals surface area contributed by atoms with E-state index in [0.717, 1.165) is 6.54 Å². The van der Waals surface area contributed by atoms with E-state index in [9.17, 15) is 4.79 Å². The Kier molecular flexibility index (Phi) is 4.15. The Morgan fingerprint density at radius 2 is 2.32 bits per heavy atom. The van der Waals surface area contributed by atoms with E-state index < -0.39 is 0 Å². The molecule has 0 aromatic carbocycles. The fourth-order valence-electron chi connectivity index (χ4n) is 1.75. The summed E-state index contributed by atoms with van der Waals surface area (Å²) in [7, 11) is 1.88. The quantitative estimate of drug-likeness (QED) is 0.511. The van der Waals surface area contributed by atoms with Crippen molar-refractivity contribution in [3.8, 4) is 11.8 Å². The van der Waals surface area contributed by atoms with Gasteiger partial charge in [-0.1, -0.05) is 5.92 Å². The van der Waals surface area contributed by atoms with Gasteiger partial charge in [-0.15, -0.1) is 5.92 Å². The van der Waals surface area contributed by atoms with Crippen LogP contribution in [-0.4, -0.2) is 39.9 Å². The largest absolute Gasteiger partial charge is 0.354 e. The Morgan fingerprint density at radius 1 is 1.47 bits per heavy atom. The molecule has 2 aromatic heterocycles. The van der Waals surface area contributed by atoms with E-state index in [0.29, 0.717) is 30.1 Å². The first-order valence-corrected chi connectivity index (χ1v) is 6.00. The van der Waals surface area contributed by atoms with Crippen molar-refractivity contribution in [3.05, 3.63) is 16.6 Å². The molecule has 0 amide bonds. The molecule has 19 heavy (non-hydrogen) atoms. The third-order valence-corrected chi connectivity index (χ3v) is 2.63. The maximum atomic E-state index is 11.8. The molecule has 0 aliphatic heterocycles. The summed E-state index contributed by atoms with van der Waals surface area (Å²) >= 11 is 0. The van der Waals surface area contributed by atoms with Gasteiger partial charge in [0, 0.05) is 13.1 Å². The van der Waals surface area contributed by atoms with Crippen molar-refractivity contribution in [2.75, 3.05) is 25.5 Å². The number of H-pyrrole nitrogens is 1. The second-order valence-electron chi connectivity index (χ2n) is 3.91. The van der Waals surface area contributed by atoms with Gasteiger partial charge in [-0.25, -0.2) is 10.1 Å². The zero-order valence-corrected chi connectivity index (χ0v) is 10.9. The number of rotatable bonds is 5. The van der Waals surface area contributed by atoms with Crippen LogP contribution in [0.1, 0.15) is 6.92 Å². The maximum Gasteiger partial charge on any atom is 0.290 e. The number of aromatic nitrogens is 4. The highest BCUT2D eigenvalue weighted by Gasteiger charge is 2.12. The molecule has 0 saturated heterocycles. The van der Waals surface area contributed by atoms with E-state index in [1.54, 1.807) is 11.5 Å². The molecule has 3 N–H and O–H groups in total. The van der Waals surface area contributed by atoms with Gasteiger partial charge in [0.25, 0.3) is 5.56 Å². The zero-order valence-electron chi connectivity index (χ0n) is 10.9. The van der Waals surface area contributed by atoms with Crippen LogP contribution < -0.4 is 16.2 Å². The molecule has 0 atom stereocenters. The maximum absolute atomic E-state index is 11.8. The molecule has 7 nitrogen and oxygen atoms in total. The highest BCUT2D eigenvalue weighted by molar-refractivity contribution is 5.76. The number of likely N-dealkylation sites (N-methyl/N-ethyl adjacent to an activating group) is 1. The lowest BCUT2D eigenvalue weighted by molar-refractivity contribution is 0.799. The number of anilines is 1. The summed E-state index contributed by atoms with van der Waals surface area (Å²) in [6, 6.07) is 0. The molecular formula is C12H16N6O. The lowest BCUT2D eigenvalue weighted by Gasteiger charge is -2.07. The molecule has 0 aliphatic carbocycles. The number of imidazole rings is 1. The molecule has 0 unspecified atom stereocenters. The average Bonchev–Trinajstić information content (AvgIpc) is 2.76. The average molecular weight is 260 g/mol. The summed E-state index contributed by atoms with van der Waals surface area (Å²) < 4.78 is 1.77. The predicted molar refractivity (Wildman–Crippen MR) is 74.0 cm³/mol. The van der Waals surface area contributed by atoms with E-state index in [1.807, 2.05) is 7.05 Å². The number of nitrogens with zero attached hydrogens (tertiary/aromatic N) is 3. The van der Waals surface area contributed by atoms with E-state index in [1.165, 1.54) is 6.20 Å². The molecule has 7 heteroatoms. The molecular weight excluding hydrogens is 244 g/mol. The predicted octanol–water partition coefficient (Wildman–Crippen LogP) is -0.226. The Balaban J connectivity index is 2.45. The highest BCUT2D eigenvalue weighted by atomic mass is 16.1. The van der Waals surface area contributed by atoms with Crippen LogP contribution in [0, 0.1) is 11.8 Å². The van der Waals surface area contributed by atoms with Gasteiger partial charge in [0.2, 0.25) is 5.95 Å². The summed E-state index contributed by atoms with van der Waals surface area (Å²) in [4.78, 5) is 16.2. The summed E-state index contributed by atoms with van der Waals surface area (Å²) in [6.45, 7) is 3.70. The van der Waals surface area contributed by atoms with Gasteiger partial charge in [-0.2, -0.15) is 5.10 Å². The van der Waals surface area contributed by atoms with Gasteiger partial charge >= 0.3 is 0 Å². The van der Waals surface area contributed by atoms with Gasteiger partial charge in [-0.05, 0) is 14.0 Å². The van der Waals surface area contributed by atoms with Crippen LogP contribution in [0.25, 0.3) is 11.0 Å². The Hall–Kier alpha value is -2.33. The molecule has 2 aromatic rings. The lowest BCUT2D eigenvalue weighted by atomic mass is 10.4. The van der Waals surface area contributed by atoms with Crippen molar-refractivity contribution >= 4 is 17.0 Å². The molecule has 100 valence electrons. The first-order chi connectivity index (χ1) is 9.27. The standard InChI is InChI=1S/C12H16N6O/c1-3-4-7-18-10-9(8-15-17-11(10)19)16-12(18)14-6-5-13-2/h8,13H,5-7H2,1-2H3,(H,14,16)(H,17,19). The van der Waals surface area contributed by atoms with Crippen LogP contribution in [0.5, 0.6) is 0 Å². The second kappa shape index (κ2) is 6.02. The van der Waals surface area contributed by atoms with E-state index >= 15 is 0 Å². The minimum Gasteiger partial charge on any atom is -0.354 e.